The van der Waals surface area contributed by atoms with Gasteiger partial charge in [-0.2, -0.15) is 5.10 Å². The molecule has 6 nitrogen and oxygen atoms in total. The van der Waals surface area contributed by atoms with Gasteiger partial charge in [0.1, 0.15) is 6.54 Å². The number of amides is 1. The van der Waals surface area contributed by atoms with Crippen molar-refractivity contribution >= 4 is 39.2 Å². The summed E-state index contributed by atoms with van der Waals surface area (Å²) in [6.45, 7) is 3.41. The van der Waals surface area contributed by atoms with E-state index in [1.807, 2.05) is 43.5 Å². The molecule has 1 aromatic carbocycles. The SMILES string of the molecule is Cc1ccc(N(CC(=O)N/N=C\c2cccs2)S(C)(=O)=O)c(C)c1. The minimum Gasteiger partial charge on any atom is -0.271 e. The van der Waals surface area contributed by atoms with Gasteiger partial charge in [0, 0.05) is 4.88 Å². The Labute approximate surface area is 145 Å². The summed E-state index contributed by atoms with van der Waals surface area (Å²) < 4.78 is 25.2. The Morgan fingerprint density at radius 3 is 2.67 bits per heavy atom. The molecule has 0 radical (unpaired) electrons. The second kappa shape index (κ2) is 7.59. The predicted molar refractivity (Wildman–Crippen MR) is 98.2 cm³/mol. The minimum absolute atomic E-state index is 0.329. The standard InChI is InChI=1S/C16H19N3O3S2/c1-12-6-7-15(13(2)9-12)19(24(3,21)22)11-16(20)18-17-10-14-5-4-8-23-14/h4-10H,11H2,1-3H3,(H,18,20)/b17-10-. The molecular weight excluding hydrogens is 346 g/mol. The van der Waals surface area contributed by atoms with E-state index in [-0.39, 0.29) is 6.54 Å². The molecule has 0 aliphatic carbocycles. The van der Waals surface area contributed by atoms with Crippen molar-refractivity contribution in [3.8, 4) is 0 Å². The summed E-state index contributed by atoms with van der Waals surface area (Å²) in [6.07, 6.45) is 2.60. The molecule has 0 spiro atoms. The van der Waals surface area contributed by atoms with E-state index in [9.17, 15) is 13.2 Å². The Kier molecular flexibility index (Phi) is 5.74. The van der Waals surface area contributed by atoms with Crippen LogP contribution in [0.4, 0.5) is 5.69 Å². The zero-order valence-electron chi connectivity index (χ0n) is 13.7. The first-order valence-corrected chi connectivity index (χ1v) is 9.90. The number of rotatable bonds is 6. The Balaban J connectivity index is 2.13. The van der Waals surface area contributed by atoms with E-state index < -0.39 is 15.9 Å². The maximum atomic E-state index is 12.1. The number of sulfonamides is 1. The smallest absolute Gasteiger partial charge is 0.260 e. The Bertz CT molecular complexity index is 843. The number of benzene rings is 1. The highest BCUT2D eigenvalue weighted by Gasteiger charge is 2.22. The summed E-state index contributed by atoms with van der Waals surface area (Å²) >= 11 is 1.49. The number of nitrogens with zero attached hydrogens (tertiary/aromatic N) is 2. The lowest BCUT2D eigenvalue weighted by molar-refractivity contribution is -0.119. The van der Waals surface area contributed by atoms with Gasteiger partial charge >= 0.3 is 0 Å². The van der Waals surface area contributed by atoms with Gasteiger partial charge in [0.05, 0.1) is 18.2 Å². The van der Waals surface area contributed by atoms with Crippen LogP contribution in [0.5, 0.6) is 0 Å². The number of hydrogen-bond donors (Lipinski definition) is 1. The number of carbonyl (C=O) groups excluding carboxylic acids is 1. The van der Waals surface area contributed by atoms with Gasteiger partial charge in [-0.15, -0.1) is 11.3 Å². The quantitative estimate of drug-likeness (QED) is 0.630. The van der Waals surface area contributed by atoms with Crippen molar-refractivity contribution in [2.24, 2.45) is 5.10 Å². The fourth-order valence-corrected chi connectivity index (χ4v) is 3.66. The molecule has 0 saturated carbocycles. The summed E-state index contributed by atoms with van der Waals surface area (Å²) in [7, 11) is -3.59. The van der Waals surface area contributed by atoms with Crippen molar-refractivity contribution in [3.05, 3.63) is 51.7 Å². The molecule has 0 aliphatic rings. The average Bonchev–Trinajstić information content (AvgIpc) is 2.98. The molecule has 8 heteroatoms. The number of thiophene rings is 1. The molecular formula is C16H19N3O3S2. The van der Waals surface area contributed by atoms with Crippen molar-refractivity contribution in [1.82, 2.24) is 5.43 Å². The molecule has 1 N–H and O–H groups in total. The molecule has 128 valence electrons. The summed E-state index contributed by atoms with van der Waals surface area (Å²) in [6, 6.07) is 9.12. The minimum atomic E-state index is -3.59. The van der Waals surface area contributed by atoms with E-state index in [0.717, 1.165) is 26.6 Å². The molecule has 1 amide bonds. The Morgan fingerprint density at radius 2 is 2.08 bits per heavy atom. The van der Waals surface area contributed by atoms with Crippen LogP contribution in [0.1, 0.15) is 16.0 Å². The third-order valence-electron chi connectivity index (χ3n) is 3.23. The highest BCUT2D eigenvalue weighted by atomic mass is 32.2. The van der Waals surface area contributed by atoms with E-state index in [2.05, 4.69) is 10.5 Å². The van der Waals surface area contributed by atoms with Gasteiger partial charge in [0.2, 0.25) is 10.0 Å². The lowest BCUT2D eigenvalue weighted by Crippen LogP contribution is -2.39. The van der Waals surface area contributed by atoms with Gasteiger partial charge < -0.3 is 0 Å². The van der Waals surface area contributed by atoms with Gasteiger partial charge in [0.25, 0.3) is 5.91 Å². The van der Waals surface area contributed by atoms with E-state index in [4.69, 9.17) is 0 Å². The lowest BCUT2D eigenvalue weighted by Gasteiger charge is -2.23. The summed E-state index contributed by atoms with van der Waals surface area (Å²) in [5.41, 5.74) is 4.65. The largest absolute Gasteiger partial charge is 0.271 e. The molecule has 0 fully saturated rings. The van der Waals surface area contributed by atoms with Gasteiger partial charge in [-0.25, -0.2) is 13.8 Å². The first-order valence-electron chi connectivity index (χ1n) is 7.18. The molecule has 24 heavy (non-hydrogen) atoms. The summed E-state index contributed by atoms with van der Waals surface area (Å²) in [4.78, 5) is 12.9. The van der Waals surface area contributed by atoms with Crippen LogP contribution in [0.15, 0.2) is 40.8 Å². The number of carbonyl (C=O) groups is 1. The fraction of sp³-hybridized carbons (Fsp3) is 0.250. The number of aryl methyl sites for hydroxylation is 2. The van der Waals surface area contributed by atoms with Gasteiger partial charge in [-0.1, -0.05) is 23.8 Å². The van der Waals surface area contributed by atoms with Gasteiger partial charge in [-0.3, -0.25) is 9.10 Å². The molecule has 0 bridgehead atoms. The molecule has 0 atom stereocenters. The van der Waals surface area contributed by atoms with Crippen molar-refractivity contribution in [3.63, 3.8) is 0 Å². The maximum Gasteiger partial charge on any atom is 0.260 e. The third-order valence-corrected chi connectivity index (χ3v) is 5.17. The number of hydrazone groups is 1. The summed E-state index contributed by atoms with van der Waals surface area (Å²) in [5, 5.41) is 5.74. The van der Waals surface area contributed by atoms with Crippen LogP contribution in [-0.4, -0.2) is 33.3 Å². The topological polar surface area (TPSA) is 78.8 Å². The van der Waals surface area contributed by atoms with Gasteiger partial charge in [-0.05, 0) is 36.9 Å². The monoisotopic (exact) mass is 365 g/mol. The van der Waals surface area contributed by atoms with E-state index in [1.165, 1.54) is 17.6 Å². The molecule has 0 unspecified atom stereocenters. The number of anilines is 1. The second-order valence-corrected chi connectivity index (χ2v) is 8.25. The van der Waals surface area contributed by atoms with E-state index in [0.29, 0.717) is 5.69 Å². The van der Waals surface area contributed by atoms with Crippen LogP contribution < -0.4 is 9.73 Å². The first kappa shape index (κ1) is 18.2. The Hall–Kier alpha value is -2.19. The van der Waals surface area contributed by atoms with Crippen molar-refractivity contribution in [2.75, 3.05) is 17.1 Å². The molecule has 2 rings (SSSR count). The average molecular weight is 365 g/mol. The van der Waals surface area contributed by atoms with E-state index in [1.54, 1.807) is 6.07 Å². The lowest BCUT2D eigenvalue weighted by atomic mass is 10.1. The zero-order chi connectivity index (χ0) is 17.7. The van der Waals surface area contributed by atoms with Crippen LogP contribution in [0, 0.1) is 13.8 Å². The molecule has 2 aromatic rings. The number of nitrogens with one attached hydrogen (secondary N) is 1. The van der Waals surface area contributed by atoms with Crippen LogP contribution in [0.25, 0.3) is 0 Å². The van der Waals surface area contributed by atoms with Crippen molar-refractivity contribution in [1.29, 1.82) is 0 Å². The van der Waals surface area contributed by atoms with Crippen molar-refractivity contribution < 1.29 is 13.2 Å². The number of hydrogen-bond acceptors (Lipinski definition) is 5. The summed E-state index contributed by atoms with van der Waals surface area (Å²) in [5.74, 6) is -0.506. The second-order valence-electron chi connectivity index (χ2n) is 5.37. The molecule has 0 saturated heterocycles. The highest BCUT2D eigenvalue weighted by Crippen LogP contribution is 2.23. The highest BCUT2D eigenvalue weighted by molar-refractivity contribution is 7.92. The maximum absolute atomic E-state index is 12.1. The first-order chi connectivity index (χ1) is 11.3. The predicted octanol–water partition coefficient (Wildman–Crippen LogP) is 2.28. The van der Waals surface area contributed by atoms with Crippen LogP contribution in [-0.2, 0) is 14.8 Å². The van der Waals surface area contributed by atoms with Crippen LogP contribution >= 0.6 is 11.3 Å². The Morgan fingerprint density at radius 1 is 1.33 bits per heavy atom. The van der Waals surface area contributed by atoms with E-state index >= 15 is 0 Å². The molecule has 1 aromatic heterocycles. The molecule has 0 aliphatic heterocycles. The van der Waals surface area contributed by atoms with Crippen LogP contribution in [0.2, 0.25) is 0 Å². The third kappa shape index (κ3) is 4.90. The van der Waals surface area contributed by atoms with Gasteiger partial charge in [0.15, 0.2) is 0 Å². The van der Waals surface area contributed by atoms with Crippen molar-refractivity contribution in [2.45, 2.75) is 13.8 Å². The van der Waals surface area contributed by atoms with Crippen LogP contribution in [0.3, 0.4) is 0 Å². The zero-order valence-corrected chi connectivity index (χ0v) is 15.3. The normalized spacial score (nSPS) is 11.6. The molecule has 1 heterocycles. The fourth-order valence-electron chi connectivity index (χ4n) is 2.16.